The minimum absolute atomic E-state index is 0.655. The molecule has 0 aliphatic carbocycles. The first-order chi connectivity index (χ1) is 7.17. The number of rotatable bonds is 6. The van der Waals surface area contributed by atoms with Gasteiger partial charge in [-0.2, -0.15) is 5.10 Å². The zero-order valence-electron chi connectivity index (χ0n) is 10.4. The maximum Gasteiger partial charge on any atom is 0.0596 e. The van der Waals surface area contributed by atoms with Crippen molar-refractivity contribution in [2.75, 3.05) is 6.54 Å². The maximum absolute atomic E-state index is 4.44. The second kappa shape index (κ2) is 5.91. The van der Waals surface area contributed by atoms with E-state index in [4.69, 9.17) is 0 Å². The van der Waals surface area contributed by atoms with Crippen LogP contribution >= 0.6 is 0 Å². The van der Waals surface area contributed by atoms with Crippen LogP contribution in [-0.4, -0.2) is 22.4 Å². The van der Waals surface area contributed by atoms with Gasteiger partial charge in [-0.3, -0.25) is 4.68 Å². The van der Waals surface area contributed by atoms with Gasteiger partial charge in [-0.15, -0.1) is 0 Å². The van der Waals surface area contributed by atoms with Crippen molar-refractivity contribution in [3.8, 4) is 0 Å². The van der Waals surface area contributed by atoms with Crippen molar-refractivity contribution in [3.05, 3.63) is 17.5 Å². The molecule has 0 saturated carbocycles. The van der Waals surface area contributed by atoms with E-state index in [1.54, 1.807) is 0 Å². The zero-order chi connectivity index (χ0) is 11.3. The van der Waals surface area contributed by atoms with Crippen LogP contribution in [0.3, 0.4) is 0 Å². The second-order valence-electron chi connectivity index (χ2n) is 4.12. The highest BCUT2D eigenvalue weighted by atomic mass is 15.3. The lowest BCUT2D eigenvalue weighted by Gasteiger charge is -2.14. The van der Waals surface area contributed by atoms with Crippen LogP contribution in [0.5, 0.6) is 0 Å². The van der Waals surface area contributed by atoms with Gasteiger partial charge in [-0.1, -0.05) is 13.8 Å². The first-order valence-electron chi connectivity index (χ1n) is 5.91. The molecule has 0 aromatic carbocycles. The molecule has 1 rings (SSSR count). The number of hydrogen-bond acceptors (Lipinski definition) is 2. The summed E-state index contributed by atoms with van der Waals surface area (Å²) in [5.41, 5.74) is 2.36. The van der Waals surface area contributed by atoms with Crippen LogP contribution in [0.1, 0.15) is 38.1 Å². The van der Waals surface area contributed by atoms with E-state index in [9.17, 15) is 0 Å². The molecule has 0 aliphatic rings. The SMILES string of the molecule is CCC(CC)NCCn1nc(C)cc1C. The van der Waals surface area contributed by atoms with E-state index >= 15 is 0 Å². The summed E-state index contributed by atoms with van der Waals surface area (Å²) in [6.07, 6.45) is 2.40. The Morgan fingerprint density at radius 2 is 2.00 bits per heavy atom. The van der Waals surface area contributed by atoms with E-state index in [2.05, 4.69) is 41.9 Å². The van der Waals surface area contributed by atoms with E-state index in [1.807, 2.05) is 6.92 Å². The third kappa shape index (κ3) is 3.67. The Kier molecular flexibility index (Phi) is 4.82. The zero-order valence-corrected chi connectivity index (χ0v) is 10.4. The summed E-state index contributed by atoms with van der Waals surface area (Å²) < 4.78 is 2.07. The average molecular weight is 209 g/mol. The summed E-state index contributed by atoms with van der Waals surface area (Å²) in [6, 6.07) is 2.78. The Balaban J connectivity index is 2.34. The third-order valence-corrected chi connectivity index (χ3v) is 2.85. The first-order valence-corrected chi connectivity index (χ1v) is 5.91. The normalized spacial score (nSPS) is 11.3. The Labute approximate surface area is 92.9 Å². The third-order valence-electron chi connectivity index (χ3n) is 2.85. The van der Waals surface area contributed by atoms with Crippen molar-refractivity contribution in [1.29, 1.82) is 0 Å². The van der Waals surface area contributed by atoms with Crippen molar-refractivity contribution >= 4 is 0 Å². The highest BCUT2D eigenvalue weighted by Crippen LogP contribution is 2.01. The van der Waals surface area contributed by atoms with Crippen LogP contribution in [0.2, 0.25) is 0 Å². The lowest BCUT2D eigenvalue weighted by atomic mass is 10.2. The number of nitrogens with zero attached hydrogens (tertiary/aromatic N) is 2. The Morgan fingerprint density at radius 1 is 1.33 bits per heavy atom. The highest BCUT2D eigenvalue weighted by molar-refractivity contribution is 5.06. The first kappa shape index (κ1) is 12.2. The van der Waals surface area contributed by atoms with Crippen LogP contribution in [-0.2, 0) is 6.54 Å². The molecule has 0 radical (unpaired) electrons. The molecule has 0 spiro atoms. The Morgan fingerprint density at radius 3 is 2.47 bits per heavy atom. The number of aryl methyl sites for hydroxylation is 2. The fraction of sp³-hybridized carbons (Fsp3) is 0.750. The van der Waals surface area contributed by atoms with Gasteiger partial charge in [-0.05, 0) is 32.8 Å². The molecule has 3 nitrogen and oxygen atoms in total. The van der Waals surface area contributed by atoms with Crippen LogP contribution in [0.15, 0.2) is 6.07 Å². The van der Waals surface area contributed by atoms with E-state index in [0.717, 1.165) is 18.8 Å². The topological polar surface area (TPSA) is 29.9 Å². The summed E-state index contributed by atoms with van der Waals surface area (Å²) in [4.78, 5) is 0. The molecule has 0 atom stereocenters. The van der Waals surface area contributed by atoms with Crippen molar-refractivity contribution in [2.45, 2.75) is 53.1 Å². The van der Waals surface area contributed by atoms with Crippen molar-refractivity contribution in [2.24, 2.45) is 0 Å². The molecular formula is C12H23N3. The maximum atomic E-state index is 4.44. The Hall–Kier alpha value is -0.830. The molecule has 0 unspecified atom stereocenters. The van der Waals surface area contributed by atoms with E-state index < -0.39 is 0 Å². The number of hydrogen-bond donors (Lipinski definition) is 1. The lowest BCUT2D eigenvalue weighted by Crippen LogP contribution is -2.31. The van der Waals surface area contributed by atoms with Crippen molar-refractivity contribution in [1.82, 2.24) is 15.1 Å². The van der Waals surface area contributed by atoms with E-state index in [0.29, 0.717) is 6.04 Å². The minimum Gasteiger partial charge on any atom is -0.312 e. The Bertz CT molecular complexity index is 287. The minimum atomic E-state index is 0.655. The molecule has 1 aromatic heterocycles. The highest BCUT2D eigenvalue weighted by Gasteiger charge is 2.03. The summed E-state index contributed by atoms with van der Waals surface area (Å²) in [5, 5.41) is 7.98. The molecule has 86 valence electrons. The van der Waals surface area contributed by atoms with Gasteiger partial charge in [-0.25, -0.2) is 0 Å². The summed E-state index contributed by atoms with van der Waals surface area (Å²) >= 11 is 0. The van der Waals surface area contributed by atoms with Gasteiger partial charge in [0.05, 0.1) is 12.2 Å². The van der Waals surface area contributed by atoms with Gasteiger partial charge in [0.15, 0.2) is 0 Å². The second-order valence-corrected chi connectivity index (χ2v) is 4.12. The molecule has 3 heteroatoms. The summed E-state index contributed by atoms with van der Waals surface area (Å²) in [6.45, 7) is 10.6. The van der Waals surface area contributed by atoms with Crippen LogP contribution < -0.4 is 5.32 Å². The predicted molar refractivity (Wildman–Crippen MR) is 64.1 cm³/mol. The van der Waals surface area contributed by atoms with Crippen LogP contribution in [0.25, 0.3) is 0 Å². The monoisotopic (exact) mass is 209 g/mol. The molecule has 0 bridgehead atoms. The molecule has 1 N–H and O–H groups in total. The van der Waals surface area contributed by atoms with Gasteiger partial charge < -0.3 is 5.32 Å². The molecule has 0 fully saturated rings. The predicted octanol–water partition coefficient (Wildman–Crippen LogP) is 2.28. The quantitative estimate of drug-likeness (QED) is 0.779. The van der Waals surface area contributed by atoms with Gasteiger partial charge >= 0.3 is 0 Å². The lowest BCUT2D eigenvalue weighted by molar-refractivity contribution is 0.451. The van der Waals surface area contributed by atoms with E-state index in [1.165, 1.54) is 18.5 Å². The standard InChI is InChI=1S/C12H23N3/c1-5-12(6-2)13-7-8-15-11(4)9-10(3)14-15/h9,12-13H,5-8H2,1-4H3. The summed E-state index contributed by atoms with van der Waals surface area (Å²) in [5.74, 6) is 0. The van der Waals surface area contributed by atoms with E-state index in [-0.39, 0.29) is 0 Å². The van der Waals surface area contributed by atoms with Gasteiger partial charge in [0.2, 0.25) is 0 Å². The summed E-state index contributed by atoms with van der Waals surface area (Å²) in [7, 11) is 0. The molecular weight excluding hydrogens is 186 g/mol. The smallest absolute Gasteiger partial charge is 0.0596 e. The van der Waals surface area contributed by atoms with Crippen molar-refractivity contribution < 1.29 is 0 Å². The number of aromatic nitrogens is 2. The fourth-order valence-corrected chi connectivity index (χ4v) is 1.85. The van der Waals surface area contributed by atoms with Crippen LogP contribution in [0.4, 0.5) is 0 Å². The molecule has 0 aliphatic heterocycles. The number of nitrogens with one attached hydrogen (secondary N) is 1. The van der Waals surface area contributed by atoms with Crippen molar-refractivity contribution in [3.63, 3.8) is 0 Å². The van der Waals surface area contributed by atoms with Gasteiger partial charge in [0.25, 0.3) is 0 Å². The molecule has 15 heavy (non-hydrogen) atoms. The van der Waals surface area contributed by atoms with Gasteiger partial charge in [0.1, 0.15) is 0 Å². The van der Waals surface area contributed by atoms with Gasteiger partial charge in [0, 0.05) is 18.3 Å². The van der Waals surface area contributed by atoms with Crippen LogP contribution in [0, 0.1) is 13.8 Å². The molecule has 1 heterocycles. The largest absolute Gasteiger partial charge is 0.312 e. The molecule has 0 saturated heterocycles. The average Bonchev–Trinajstić information content (AvgIpc) is 2.52. The fourth-order valence-electron chi connectivity index (χ4n) is 1.85. The molecule has 1 aromatic rings. The molecule has 0 amide bonds.